The van der Waals surface area contributed by atoms with Crippen molar-refractivity contribution in [2.45, 2.75) is 51.6 Å². The molecule has 1 aromatic heterocycles. The second kappa shape index (κ2) is 10.9. The van der Waals surface area contributed by atoms with Crippen LogP contribution in [0.2, 0.25) is 0 Å². The molecule has 2 aliphatic rings. The molecule has 3 heterocycles. The van der Waals surface area contributed by atoms with E-state index in [1.165, 1.54) is 11.1 Å². The largest absolute Gasteiger partial charge is 0.354 e. The summed E-state index contributed by atoms with van der Waals surface area (Å²) in [5.74, 6) is 2.04. The van der Waals surface area contributed by atoms with Crippen LogP contribution in [0.25, 0.3) is 0 Å². The first kappa shape index (κ1) is 22.7. The minimum atomic E-state index is 0. The number of likely N-dealkylation sites (tertiary alicyclic amines) is 1. The monoisotopic (exact) mass is 433 g/mol. The summed E-state index contributed by atoms with van der Waals surface area (Å²) in [5.41, 5.74) is 2.45. The molecule has 8 heteroatoms. The predicted octanol–water partition coefficient (Wildman–Crippen LogP) is 2.47. The van der Waals surface area contributed by atoms with Gasteiger partial charge in [0.2, 0.25) is 11.8 Å². The van der Waals surface area contributed by atoms with E-state index in [0.717, 1.165) is 57.7 Å². The van der Waals surface area contributed by atoms with E-state index in [9.17, 15) is 4.79 Å². The molecule has 30 heavy (non-hydrogen) atoms. The van der Waals surface area contributed by atoms with Crippen LogP contribution in [0.1, 0.15) is 48.5 Å². The summed E-state index contributed by atoms with van der Waals surface area (Å²) in [5, 5.41) is 10.6. The van der Waals surface area contributed by atoms with E-state index in [1.807, 2.05) is 12.1 Å². The standard InChI is InChI=1S/C22H31N5O2.ClH/c1-16-6-2-3-8-18(16)12-21-25-20(26-29-21)15-27-11-5-7-17(14-27)13-24-22(28)19-9-4-10-23-19;/h2-3,6,8,17,19,23H,4-5,7,9-15H2,1H3,(H,24,28);1H. The van der Waals surface area contributed by atoms with Gasteiger partial charge < -0.3 is 15.2 Å². The number of rotatable bonds is 7. The summed E-state index contributed by atoms with van der Waals surface area (Å²) in [4.78, 5) is 19.2. The van der Waals surface area contributed by atoms with Crippen LogP contribution in [0.15, 0.2) is 28.8 Å². The number of carbonyl (C=O) groups is 1. The molecule has 2 fully saturated rings. The van der Waals surface area contributed by atoms with E-state index in [1.54, 1.807) is 0 Å². The zero-order chi connectivity index (χ0) is 20.1. The fourth-order valence-corrected chi connectivity index (χ4v) is 4.34. The van der Waals surface area contributed by atoms with Gasteiger partial charge in [0.25, 0.3) is 0 Å². The molecule has 2 atom stereocenters. The van der Waals surface area contributed by atoms with Gasteiger partial charge in [-0.25, -0.2) is 0 Å². The lowest BCUT2D eigenvalue weighted by Crippen LogP contribution is -2.45. The van der Waals surface area contributed by atoms with Gasteiger partial charge >= 0.3 is 0 Å². The Morgan fingerprint density at radius 3 is 2.97 bits per heavy atom. The van der Waals surface area contributed by atoms with Gasteiger partial charge in [0.1, 0.15) is 0 Å². The fourth-order valence-electron chi connectivity index (χ4n) is 4.34. The number of benzene rings is 1. The van der Waals surface area contributed by atoms with Crippen molar-refractivity contribution in [2.75, 3.05) is 26.2 Å². The molecule has 7 nitrogen and oxygen atoms in total. The molecule has 1 amide bonds. The molecule has 164 valence electrons. The lowest BCUT2D eigenvalue weighted by atomic mass is 9.98. The van der Waals surface area contributed by atoms with Gasteiger partial charge in [-0.05, 0) is 62.7 Å². The molecule has 2 saturated heterocycles. The molecular weight excluding hydrogens is 402 g/mol. The van der Waals surface area contributed by atoms with Gasteiger partial charge in [-0.2, -0.15) is 4.98 Å². The molecule has 2 aromatic rings. The SMILES string of the molecule is Cc1ccccc1Cc1nc(CN2CCCC(CNC(=O)C3CCCN3)C2)no1.Cl. The van der Waals surface area contributed by atoms with Gasteiger partial charge in [0.05, 0.1) is 19.0 Å². The summed E-state index contributed by atoms with van der Waals surface area (Å²) in [7, 11) is 0. The second-order valence-corrected chi connectivity index (χ2v) is 8.35. The number of nitrogens with one attached hydrogen (secondary N) is 2. The second-order valence-electron chi connectivity index (χ2n) is 8.35. The van der Waals surface area contributed by atoms with E-state index in [-0.39, 0.29) is 24.4 Å². The molecule has 2 N–H and O–H groups in total. The lowest BCUT2D eigenvalue weighted by Gasteiger charge is -2.32. The Bertz CT molecular complexity index is 821. The van der Waals surface area contributed by atoms with Crippen LogP contribution < -0.4 is 10.6 Å². The van der Waals surface area contributed by atoms with Crippen LogP contribution in [0.3, 0.4) is 0 Å². The Labute approximate surface area is 184 Å². The Morgan fingerprint density at radius 1 is 1.30 bits per heavy atom. The maximum Gasteiger partial charge on any atom is 0.237 e. The summed E-state index contributed by atoms with van der Waals surface area (Å²) in [6.07, 6.45) is 5.00. The topological polar surface area (TPSA) is 83.3 Å². The summed E-state index contributed by atoms with van der Waals surface area (Å²) in [6.45, 7) is 6.49. The molecule has 0 saturated carbocycles. The van der Waals surface area contributed by atoms with Crippen molar-refractivity contribution in [3.05, 3.63) is 47.1 Å². The van der Waals surface area contributed by atoms with Gasteiger partial charge in [0, 0.05) is 13.1 Å². The summed E-state index contributed by atoms with van der Waals surface area (Å²) < 4.78 is 5.48. The van der Waals surface area contributed by atoms with Crippen molar-refractivity contribution in [3.8, 4) is 0 Å². The van der Waals surface area contributed by atoms with Crippen molar-refractivity contribution in [2.24, 2.45) is 5.92 Å². The van der Waals surface area contributed by atoms with Gasteiger partial charge in [-0.3, -0.25) is 9.69 Å². The van der Waals surface area contributed by atoms with E-state index in [4.69, 9.17) is 4.52 Å². The Hall–Kier alpha value is -1.96. The molecule has 0 bridgehead atoms. The fraction of sp³-hybridized carbons (Fsp3) is 0.591. The number of hydrogen-bond donors (Lipinski definition) is 2. The number of halogens is 1. The summed E-state index contributed by atoms with van der Waals surface area (Å²) in [6, 6.07) is 8.28. The van der Waals surface area contributed by atoms with Crippen molar-refractivity contribution < 1.29 is 9.32 Å². The minimum Gasteiger partial charge on any atom is -0.354 e. The molecule has 0 aliphatic carbocycles. The van der Waals surface area contributed by atoms with Crippen LogP contribution in [0.5, 0.6) is 0 Å². The average molecular weight is 434 g/mol. The maximum atomic E-state index is 12.2. The molecule has 0 spiro atoms. The highest BCUT2D eigenvalue weighted by Crippen LogP contribution is 2.18. The quantitative estimate of drug-likeness (QED) is 0.697. The van der Waals surface area contributed by atoms with E-state index in [0.29, 0.717) is 24.8 Å². The van der Waals surface area contributed by atoms with Crippen molar-refractivity contribution in [3.63, 3.8) is 0 Å². The highest BCUT2D eigenvalue weighted by atomic mass is 35.5. The smallest absolute Gasteiger partial charge is 0.237 e. The highest BCUT2D eigenvalue weighted by Gasteiger charge is 2.25. The van der Waals surface area contributed by atoms with Gasteiger partial charge in [-0.1, -0.05) is 29.4 Å². The number of aromatic nitrogens is 2. The number of aryl methyl sites for hydroxylation is 1. The number of amides is 1. The zero-order valence-electron chi connectivity index (χ0n) is 17.6. The average Bonchev–Trinajstić information content (AvgIpc) is 3.41. The number of piperidine rings is 1. The highest BCUT2D eigenvalue weighted by molar-refractivity contribution is 5.85. The van der Waals surface area contributed by atoms with Gasteiger partial charge in [0.15, 0.2) is 5.82 Å². The molecule has 1 aromatic carbocycles. The molecular formula is C22H32ClN5O2. The van der Waals surface area contributed by atoms with Crippen LogP contribution in [-0.2, 0) is 17.8 Å². The van der Waals surface area contributed by atoms with Crippen molar-refractivity contribution >= 4 is 18.3 Å². The van der Waals surface area contributed by atoms with E-state index >= 15 is 0 Å². The summed E-state index contributed by atoms with van der Waals surface area (Å²) >= 11 is 0. The van der Waals surface area contributed by atoms with E-state index < -0.39 is 0 Å². The van der Waals surface area contributed by atoms with Gasteiger partial charge in [-0.15, -0.1) is 12.4 Å². The number of carbonyl (C=O) groups excluding carboxylic acids is 1. The first-order valence-corrected chi connectivity index (χ1v) is 10.8. The predicted molar refractivity (Wildman–Crippen MR) is 118 cm³/mol. The van der Waals surface area contributed by atoms with Crippen LogP contribution in [0.4, 0.5) is 0 Å². The third-order valence-electron chi connectivity index (χ3n) is 6.02. The molecule has 2 aliphatic heterocycles. The van der Waals surface area contributed by atoms with Crippen LogP contribution in [0, 0.1) is 12.8 Å². The van der Waals surface area contributed by atoms with Crippen LogP contribution >= 0.6 is 12.4 Å². The Kier molecular flexibility index (Phi) is 8.24. The molecule has 0 radical (unpaired) electrons. The van der Waals surface area contributed by atoms with Crippen LogP contribution in [-0.4, -0.2) is 53.2 Å². The zero-order valence-corrected chi connectivity index (χ0v) is 18.4. The first-order chi connectivity index (χ1) is 14.2. The normalized spacial score (nSPS) is 21.9. The Morgan fingerprint density at radius 2 is 2.17 bits per heavy atom. The number of nitrogens with zero attached hydrogens (tertiary/aromatic N) is 3. The van der Waals surface area contributed by atoms with Crippen molar-refractivity contribution in [1.29, 1.82) is 0 Å². The first-order valence-electron chi connectivity index (χ1n) is 10.8. The minimum absolute atomic E-state index is 0. The third-order valence-corrected chi connectivity index (χ3v) is 6.02. The number of hydrogen-bond acceptors (Lipinski definition) is 6. The van der Waals surface area contributed by atoms with E-state index in [2.05, 4.69) is 44.7 Å². The lowest BCUT2D eigenvalue weighted by molar-refractivity contribution is -0.123. The third kappa shape index (κ3) is 6.03. The van der Waals surface area contributed by atoms with Crippen molar-refractivity contribution in [1.82, 2.24) is 25.7 Å². The Balaban J connectivity index is 0.00000256. The maximum absolute atomic E-state index is 12.2. The molecule has 2 unspecified atom stereocenters. The molecule has 4 rings (SSSR count).